The Kier molecular flexibility index (Phi) is 3.99. The highest BCUT2D eigenvalue weighted by Crippen LogP contribution is 2.25. The molecule has 1 aromatic heterocycles. The molecular weight excluding hydrogens is 246 g/mol. The number of hydrogen-bond donors (Lipinski definition) is 1. The molecule has 4 heteroatoms. The molecule has 1 heterocycles. The first kappa shape index (κ1) is 13.1. The first-order chi connectivity index (χ1) is 8.60. The monoisotopic (exact) mass is 263 g/mol. The summed E-state index contributed by atoms with van der Waals surface area (Å²) in [6.45, 7) is 3.94. The summed E-state index contributed by atoms with van der Waals surface area (Å²) in [6.07, 6.45) is 0.0342. The lowest BCUT2D eigenvalue weighted by atomic mass is 10.0. The van der Waals surface area contributed by atoms with E-state index in [0.717, 1.165) is 27.6 Å². The van der Waals surface area contributed by atoms with E-state index in [9.17, 15) is 5.11 Å². The number of aliphatic hydroxyl groups is 1. The fraction of sp³-hybridized carbons (Fsp3) is 0.357. The maximum atomic E-state index is 10.2. The van der Waals surface area contributed by atoms with E-state index < -0.39 is 6.10 Å². The molecule has 0 saturated carbocycles. The quantitative estimate of drug-likeness (QED) is 0.922. The number of rotatable bonds is 4. The highest BCUT2D eigenvalue weighted by molar-refractivity contribution is 7.09. The van der Waals surface area contributed by atoms with E-state index in [1.165, 1.54) is 0 Å². The molecule has 2 rings (SSSR count). The molecule has 1 aromatic carbocycles. The first-order valence-electron chi connectivity index (χ1n) is 5.83. The van der Waals surface area contributed by atoms with E-state index in [1.807, 2.05) is 37.4 Å². The normalized spacial score (nSPS) is 12.4. The van der Waals surface area contributed by atoms with Gasteiger partial charge in [0.2, 0.25) is 0 Å². The maximum absolute atomic E-state index is 10.2. The van der Waals surface area contributed by atoms with Crippen molar-refractivity contribution in [3.05, 3.63) is 45.4 Å². The fourth-order valence-corrected chi connectivity index (χ4v) is 2.55. The average Bonchev–Trinajstić information content (AvgIpc) is 2.74. The van der Waals surface area contributed by atoms with Crippen molar-refractivity contribution in [3.63, 3.8) is 0 Å². The third-order valence-corrected chi connectivity index (χ3v) is 3.70. The number of aliphatic hydroxyl groups excluding tert-OH is 1. The Balaban J connectivity index is 2.13. The summed E-state index contributed by atoms with van der Waals surface area (Å²) in [6, 6.07) is 5.75. The summed E-state index contributed by atoms with van der Waals surface area (Å²) in [5.74, 6) is 0.843. The molecule has 1 unspecified atom stereocenters. The second kappa shape index (κ2) is 5.50. The van der Waals surface area contributed by atoms with Crippen molar-refractivity contribution in [1.29, 1.82) is 0 Å². The summed E-state index contributed by atoms with van der Waals surface area (Å²) in [5, 5.41) is 13.2. The minimum Gasteiger partial charge on any atom is -0.496 e. The second-order valence-corrected chi connectivity index (χ2v) is 5.37. The summed E-state index contributed by atoms with van der Waals surface area (Å²) in [4.78, 5) is 4.37. The summed E-state index contributed by atoms with van der Waals surface area (Å²) >= 11 is 1.61. The van der Waals surface area contributed by atoms with Crippen molar-refractivity contribution >= 4 is 11.3 Å². The van der Waals surface area contributed by atoms with Gasteiger partial charge in [-0.2, -0.15) is 0 Å². The van der Waals surface area contributed by atoms with Crippen molar-refractivity contribution in [2.75, 3.05) is 7.11 Å². The molecule has 0 saturated heterocycles. The van der Waals surface area contributed by atoms with Gasteiger partial charge >= 0.3 is 0 Å². The second-order valence-electron chi connectivity index (χ2n) is 4.31. The van der Waals surface area contributed by atoms with E-state index >= 15 is 0 Å². The van der Waals surface area contributed by atoms with Crippen LogP contribution in [0.5, 0.6) is 5.75 Å². The zero-order valence-electron chi connectivity index (χ0n) is 10.8. The largest absolute Gasteiger partial charge is 0.496 e. The van der Waals surface area contributed by atoms with Crippen LogP contribution in [0.15, 0.2) is 23.6 Å². The molecule has 0 aliphatic rings. The number of thiazole rings is 1. The number of aryl methyl sites for hydroxylation is 2. The van der Waals surface area contributed by atoms with Crippen LogP contribution >= 0.6 is 11.3 Å². The Hall–Kier alpha value is -1.39. The Morgan fingerprint density at radius 2 is 2.17 bits per heavy atom. The third-order valence-electron chi connectivity index (χ3n) is 2.87. The number of methoxy groups -OCH3 is 1. The molecule has 2 aromatic rings. The molecule has 18 heavy (non-hydrogen) atoms. The zero-order valence-corrected chi connectivity index (χ0v) is 11.6. The third kappa shape index (κ3) is 2.89. The van der Waals surface area contributed by atoms with Gasteiger partial charge in [0.1, 0.15) is 5.75 Å². The van der Waals surface area contributed by atoms with Gasteiger partial charge in [-0.15, -0.1) is 11.3 Å². The van der Waals surface area contributed by atoms with Crippen LogP contribution in [-0.4, -0.2) is 17.2 Å². The SMILES string of the molecule is COc1ccc(C(O)Cc2csc(C)n2)cc1C. The number of benzene rings is 1. The minimum absolute atomic E-state index is 0.517. The molecular formula is C14H17NO2S. The molecule has 3 nitrogen and oxygen atoms in total. The van der Waals surface area contributed by atoms with Crippen LogP contribution in [-0.2, 0) is 6.42 Å². The van der Waals surface area contributed by atoms with E-state index in [0.29, 0.717) is 6.42 Å². The Morgan fingerprint density at radius 1 is 1.39 bits per heavy atom. The highest BCUT2D eigenvalue weighted by Gasteiger charge is 2.12. The lowest BCUT2D eigenvalue weighted by Crippen LogP contribution is -2.03. The first-order valence-corrected chi connectivity index (χ1v) is 6.71. The topological polar surface area (TPSA) is 42.4 Å². The van der Waals surface area contributed by atoms with Crippen LogP contribution < -0.4 is 4.74 Å². The van der Waals surface area contributed by atoms with Crippen LogP contribution in [0, 0.1) is 13.8 Å². The van der Waals surface area contributed by atoms with Gasteiger partial charge in [-0.25, -0.2) is 4.98 Å². The summed E-state index contributed by atoms with van der Waals surface area (Å²) < 4.78 is 5.21. The molecule has 0 amide bonds. The summed E-state index contributed by atoms with van der Waals surface area (Å²) in [7, 11) is 1.65. The highest BCUT2D eigenvalue weighted by atomic mass is 32.1. The number of hydrogen-bond acceptors (Lipinski definition) is 4. The van der Waals surface area contributed by atoms with Gasteiger partial charge in [-0.3, -0.25) is 0 Å². The Morgan fingerprint density at radius 3 is 2.72 bits per heavy atom. The van der Waals surface area contributed by atoms with E-state index in [1.54, 1.807) is 18.4 Å². The van der Waals surface area contributed by atoms with Gasteiger partial charge in [0.05, 0.1) is 23.9 Å². The van der Waals surface area contributed by atoms with Crippen LogP contribution in [0.2, 0.25) is 0 Å². The summed E-state index contributed by atoms with van der Waals surface area (Å²) in [5.41, 5.74) is 2.88. The molecule has 0 spiro atoms. The minimum atomic E-state index is -0.517. The molecule has 0 radical (unpaired) electrons. The molecule has 1 N–H and O–H groups in total. The van der Waals surface area contributed by atoms with E-state index in [-0.39, 0.29) is 0 Å². The van der Waals surface area contributed by atoms with Crippen molar-refractivity contribution < 1.29 is 9.84 Å². The van der Waals surface area contributed by atoms with E-state index in [4.69, 9.17) is 4.74 Å². The fourth-order valence-electron chi connectivity index (χ4n) is 1.93. The van der Waals surface area contributed by atoms with Gasteiger partial charge in [0.25, 0.3) is 0 Å². The van der Waals surface area contributed by atoms with Crippen molar-refractivity contribution in [2.45, 2.75) is 26.4 Å². The zero-order chi connectivity index (χ0) is 13.1. The maximum Gasteiger partial charge on any atom is 0.121 e. The predicted molar refractivity (Wildman–Crippen MR) is 73.2 cm³/mol. The van der Waals surface area contributed by atoms with Crippen molar-refractivity contribution in [2.24, 2.45) is 0 Å². The predicted octanol–water partition coefficient (Wildman–Crippen LogP) is 3.04. The van der Waals surface area contributed by atoms with Gasteiger partial charge in [0, 0.05) is 11.8 Å². The van der Waals surface area contributed by atoms with Crippen LogP contribution in [0.25, 0.3) is 0 Å². The lowest BCUT2D eigenvalue weighted by molar-refractivity contribution is 0.177. The van der Waals surface area contributed by atoms with Gasteiger partial charge in [-0.05, 0) is 37.1 Å². The average molecular weight is 263 g/mol. The van der Waals surface area contributed by atoms with Crippen LogP contribution in [0.3, 0.4) is 0 Å². The Bertz CT molecular complexity index is 536. The van der Waals surface area contributed by atoms with Crippen molar-refractivity contribution in [1.82, 2.24) is 4.98 Å². The smallest absolute Gasteiger partial charge is 0.121 e. The number of aromatic nitrogens is 1. The van der Waals surface area contributed by atoms with Crippen LogP contribution in [0.1, 0.15) is 27.9 Å². The standard InChI is InChI=1S/C14H17NO2S/c1-9-6-11(4-5-14(9)17-3)13(16)7-12-8-18-10(2)15-12/h4-6,8,13,16H,7H2,1-3H3. The molecule has 0 aliphatic carbocycles. The lowest BCUT2D eigenvalue weighted by Gasteiger charge is -2.12. The molecule has 0 bridgehead atoms. The molecule has 0 aliphatic heterocycles. The molecule has 96 valence electrons. The number of nitrogens with zero attached hydrogens (tertiary/aromatic N) is 1. The molecule has 1 atom stereocenters. The number of ether oxygens (including phenoxy) is 1. The van der Waals surface area contributed by atoms with Gasteiger partial charge < -0.3 is 9.84 Å². The van der Waals surface area contributed by atoms with E-state index in [2.05, 4.69) is 4.98 Å². The van der Waals surface area contributed by atoms with Gasteiger partial charge in [-0.1, -0.05) is 6.07 Å². The van der Waals surface area contributed by atoms with Crippen LogP contribution in [0.4, 0.5) is 0 Å². The van der Waals surface area contributed by atoms with Gasteiger partial charge in [0.15, 0.2) is 0 Å². The van der Waals surface area contributed by atoms with Crippen molar-refractivity contribution in [3.8, 4) is 5.75 Å². The Labute approximate surface area is 111 Å². The molecule has 0 fully saturated rings.